The van der Waals surface area contributed by atoms with Gasteiger partial charge in [-0.05, 0) is 34.1 Å². The van der Waals surface area contributed by atoms with E-state index in [1.165, 1.54) is 0 Å². The summed E-state index contributed by atoms with van der Waals surface area (Å²) in [7, 11) is 0. The van der Waals surface area contributed by atoms with Crippen LogP contribution in [0, 0.1) is 20.8 Å². The molecule has 2 rings (SSSR count). The molecule has 108 valence electrons. The van der Waals surface area contributed by atoms with Crippen molar-refractivity contribution in [2.45, 2.75) is 47.1 Å². The molecule has 2 aromatic heterocycles. The molecule has 0 aliphatic heterocycles. The maximum Gasteiger partial charge on any atom is 0.272 e. The molecule has 2 heterocycles. The van der Waals surface area contributed by atoms with Crippen molar-refractivity contribution in [3.63, 3.8) is 0 Å². The van der Waals surface area contributed by atoms with Crippen LogP contribution in [0.3, 0.4) is 0 Å². The fraction of sp³-hybridized carbons (Fsp3) is 0.500. The third kappa shape index (κ3) is 2.75. The largest absolute Gasteiger partial charge is 0.342 e. The summed E-state index contributed by atoms with van der Waals surface area (Å²) in [6.45, 7) is 9.90. The van der Waals surface area contributed by atoms with Crippen LogP contribution in [0.4, 0.5) is 0 Å². The van der Waals surface area contributed by atoms with Gasteiger partial charge < -0.3 is 5.32 Å². The fourth-order valence-corrected chi connectivity index (χ4v) is 3.19. The van der Waals surface area contributed by atoms with Crippen molar-refractivity contribution in [3.05, 3.63) is 32.5 Å². The zero-order valence-electron chi connectivity index (χ0n) is 12.5. The number of hydrogen-bond donors (Lipinski definition) is 2. The number of amides is 1. The van der Waals surface area contributed by atoms with Crippen molar-refractivity contribution in [1.82, 2.24) is 20.5 Å². The predicted octanol–water partition coefficient (Wildman–Crippen LogP) is 2.84. The number of hydrogen-bond acceptors (Lipinski definition) is 4. The molecule has 1 amide bonds. The first-order chi connectivity index (χ1) is 9.43. The van der Waals surface area contributed by atoms with Gasteiger partial charge in [0.05, 0.1) is 16.7 Å². The summed E-state index contributed by atoms with van der Waals surface area (Å²) in [4.78, 5) is 17.9. The Morgan fingerprint density at radius 3 is 2.60 bits per heavy atom. The Kier molecular flexibility index (Phi) is 4.23. The molecule has 20 heavy (non-hydrogen) atoms. The van der Waals surface area contributed by atoms with Crippen LogP contribution < -0.4 is 5.32 Å². The van der Waals surface area contributed by atoms with E-state index in [1.54, 1.807) is 11.3 Å². The average molecular weight is 292 g/mol. The Balaban J connectivity index is 2.15. The Hall–Kier alpha value is -1.69. The van der Waals surface area contributed by atoms with Gasteiger partial charge in [0, 0.05) is 16.1 Å². The first-order valence-corrected chi connectivity index (χ1v) is 7.54. The Morgan fingerprint density at radius 1 is 1.40 bits per heavy atom. The molecule has 0 aliphatic rings. The van der Waals surface area contributed by atoms with Gasteiger partial charge >= 0.3 is 0 Å². The van der Waals surface area contributed by atoms with Gasteiger partial charge in [-0.1, -0.05) is 6.92 Å². The zero-order valence-corrected chi connectivity index (χ0v) is 13.3. The highest BCUT2D eigenvalue weighted by Gasteiger charge is 2.20. The highest BCUT2D eigenvalue weighted by atomic mass is 32.1. The number of thiazole rings is 1. The van der Waals surface area contributed by atoms with E-state index < -0.39 is 0 Å². The number of aryl methyl sites for hydroxylation is 3. The second kappa shape index (κ2) is 5.75. The first-order valence-electron chi connectivity index (χ1n) is 6.72. The summed E-state index contributed by atoms with van der Waals surface area (Å²) in [6, 6.07) is -0.117. The number of rotatable bonds is 4. The monoisotopic (exact) mass is 292 g/mol. The summed E-state index contributed by atoms with van der Waals surface area (Å²) in [5, 5.41) is 11.0. The summed E-state index contributed by atoms with van der Waals surface area (Å²) in [5.41, 5.74) is 3.33. The van der Waals surface area contributed by atoms with Crippen molar-refractivity contribution >= 4 is 17.2 Å². The minimum atomic E-state index is -0.156. The van der Waals surface area contributed by atoms with Gasteiger partial charge in [-0.15, -0.1) is 11.3 Å². The molecular formula is C14H20N4OS. The Morgan fingerprint density at radius 2 is 2.10 bits per heavy atom. The molecule has 0 saturated heterocycles. The molecule has 0 spiro atoms. The highest BCUT2D eigenvalue weighted by molar-refractivity contribution is 7.11. The third-order valence-electron chi connectivity index (χ3n) is 3.38. The lowest BCUT2D eigenvalue weighted by Crippen LogP contribution is -2.28. The third-order valence-corrected chi connectivity index (χ3v) is 4.28. The van der Waals surface area contributed by atoms with Crippen LogP contribution in [0.1, 0.15) is 57.2 Å². The van der Waals surface area contributed by atoms with E-state index in [1.807, 2.05) is 34.6 Å². The van der Waals surface area contributed by atoms with Gasteiger partial charge in [-0.3, -0.25) is 9.89 Å². The highest BCUT2D eigenvalue weighted by Crippen LogP contribution is 2.23. The summed E-state index contributed by atoms with van der Waals surface area (Å²) >= 11 is 1.65. The van der Waals surface area contributed by atoms with E-state index in [0.29, 0.717) is 5.69 Å². The second-order valence-electron chi connectivity index (χ2n) is 4.90. The number of H-pyrrole nitrogens is 1. The van der Waals surface area contributed by atoms with Crippen LogP contribution in [-0.2, 0) is 6.42 Å². The summed E-state index contributed by atoms with van der Waals surface area (Å²) in [6.07, 6.45) is 0.839. The van der Waals surface area contributed by atoms with Gasteiger partial charge in [0.25, 0.3) is 5.91 Å². The molecule has 6 heteroatoms. The number of nitrogens with one attached hydrogen (secondary N) is 2. The number of nitrogens with zero attached hydrogens (tertiary/aromatic N) is 2. The standard InChI is InChI=1S/C14H20N4OS/c1-6-11-7(2)12(18-17-11)14(19)15-8(3)13-9(4)20-10(5)16-13/h8H,6H2,1-5H3,(H,15,19)(H,17,18)/t8-/m1/s1. The molecule has 1 atom stereocenters. The van der Waals surface area contributed by atoms with E-state index in [2.05, 4.69) is 20.5 Å². The zero-order chi connectivity index (χ0) is 14.9. The first kappa shape index (κ1) is 14.7. The van der Waals surface area contributed by atoms with Crippen LogP contribution >= 0.6 is 11.3 Å². The van der Waals surface area contributed by atoms with E-state index in [-0.39, 0.29) is 11.9 Å². The molecule has 5 nitrogen and oxygen atoms in total. The van der Waals surface area contributed by atoms with E-state index in [4.69, 9.17) is 0 Å². The van der Waals surface area contributed by atoms with Crippen LogP contribution in [0.5, 0.6) is 0 Å². The van der Waals surface area contributed by atoms with E-state index >= 15 is 0 Å². The SMILES string of the molecule is CCc1[nH]nc(C(=O)N[C@H](C)c2nc(C)sc2C)c1C. The molecule has 0 bridgehead atoms. The average Bonchev–Trinajstić information content (AvgIpc) is 2.91. The van der Waals surface area contributed by atoms with Gasteiger partial charge in [0.15, 0.2) is 5.69 Å². The second-order valence-corrected chi connectivity index (χ2v) is 6.31. The Labute approximate surface area is 122 Å². The lowest BCUT2D eigenvalue weighted by Gasteiger charge is -2.12. The molecule has 0 radical (unpaired) electrons. The van der Waals surface area contributed by atoms with Crippen molar-refractivity contribution in [3.8, 4) is 0 Å². The Bertz CT molecular complexity index is 629. The fourth-order valence-electron chi connectivity index (χ4n) is 2.28. The van der Waals surface area contributed by atoms with Gasteiger partial charge in [0.1, 0.15) is 0 Å². The van der Waals surface area contributed by atoms with Crippen LogP contribution in [-0.4, -0.2) is 21.1 Å². The molecule has 2 aromatic rings. The quantitative estimate of drug-likeness (QED) is 0.910. The minimum Gasteiger partial charge on any atom is -0.342 e. The van der Waals surface area contributed by atoms with Crippen molar-refractivity contribution in [2.24, 2.45) is 0 Å². The summed E-state index contributed by atoms with van der Waals surface area (Å²) < 4.78 is 0. The van der Waals surface area contributed by atoms with Crippen LogP contribution in [0.2, 0.25) is 0 Å². The molecule has 0 aromatic carbocycles. The molecule has 0 aliphatic carbocycles. The molecular weight excluding hydrogens is 272 g/mol. The minimum absolute atomic E-state index is 0.117. The molecule has 2 N–H and O–H groups in total. The lowest BCUT2D eigenvalue weighted by atomic mass is 10.1. The van der Waals surface area contributed by atoms with Crippen LogP contribution in [0.25, 0.3) is 0 Å². The van der Waals surface area contributed by atoms with E-state index in [0.717, 1.165) is 33.3 Å². The maximum atomic E-state index is 12.3. The van der Waals surface area contributed by atoms with Crippen molar-refractivity contribution in [1.29, 1.82) is 0 Å². The number of aromatic nitrogens is 3. The van der Waals surface area contributed by atoms with Gasteiger partial charge in [0.2, 0.25) is 0 Å². The summed E-state index contributed by atoms with van der Waals surface area (Å²) in [5.74, 6) is -0.156. The normalized spacial score (nSPS) is 12.4. The lowest BCUT2D eigenvalue weighted by molar-refractivity contribution is 0.0933. The number of carbonyl (C=O) groups excluding carboxylic acids is 1. The molecule has 0 fully saturated rings. The van der Waals surface area contributed by atoms with Gasteiger partial charge in [-0.2, -0.15) is 5.10 Å². The molecule has 0 saturated carbocycles. The van der Waals surface area contributed by atoms with Gasteiger partial charge in [-0.25, -0.2) is 4.98 Å². The topological polar surface area (TPSA) is 70.7 Å². The van der Waals surface area contributed by atoms with Crippen LogP contribution in [0.15, 0.2) is 0 Å². The smallest absolute Gasteiger partial charge is 0.272 e. The number of aromatic amines is 1. The molecule has 0 unspecified atom stereocenters. The van der Waals surface area contributed by atoms with Crippen molar-refractivity contribution in [2.75, 3.05) is 0 Å². The predicted molar refractivity (Wildman–Crippen MR) is 80.2 cm³/mol. The maximum absolute atomic E-state index is 12.3. The number of carbonyl (C=O) groups is 1. The van der Waals surface area contributed by atoms with Crippen molar-refractivity contribution < 1.29 is 4.79 Å². The van der Waals surface area contributed by atoms with E-state index in [9.17, 15) is 4.79 Å².